The predicted molar refractivity (Wildman–Crippen MR) is 67.4 cm³/mol. The lowest BCUT2D eigenvalue weighted by Gasteiger charge is -2.18. The quantitative estimate of drug-likeness (QED) is 0.838. The van der Waals surface area contributed by atoms with Crippen LogP contribution in [0.25, 0.3) is 10.9 Å². The Balaban J connectivity index is 2.10. The minimum absolute atomic E-state index is 0.257. The molecule has 0 amide bonds. The van der Waals surface area contributed by atoms with E-state index < -0.39 is 0 Å². The van der Waals surface area contributed by atoms with E-state index in [1.54, 1.807) is 6.33 Å². The first-order valence-corrected chi connectivity index (χ1v) is 5.95. The maximum atomic E-state index is 9.57. The lowest BCUT2D eigenvalue weighted by atomic mass is 10.2. The zero-order valence-corrected chi connectivity index (χ0v) is 9.93. The van der Waals surface area contributed by atoms with Gasteiger partial charge < -0.3 is 10.0 Å². The van der Waals surface area contributed by atoms with Crippen LogP contribution in [0.1, 0.15) is 6.42 Å². The molecule has 0 saturated carbocycles. The molecule has 5 heteroatoms. The predicted octanol–water partition coefficient (Wildman–Crippen LogP) is 1.85. The standard InChI is InChI=1S/C12H12ClN3O/c13-8-1-2-10-11(5-8)14-7-15-12(10)16-4-3-9(17)6-16/h1-2,5,7,9,17H,3-4,6H2/t9-/m0/s1. The Bertz CT molecular complexity index is 560. The van der Waals surface area contributed by atoms with Crippen molar-refractivity contribution < 1.29 is 5.11 Å². The van der Waals surface area contributed by atoms with Crippen molar-refractivity contribution in [2.75, 3.05) is 18.0 Å². The van der Waals surface area contributed by atoms with Gasteiger partial charge in [-0.15, -0.1) is 0 Å². The molecule has 3 rings (SSSR count). The third-order valence-corrected chi connectivity index (χ3v) is 3.28. The van der Waals surface area contributed by atoms with Gasteiger partial charge in [-0.2, -0.15) is 0 Å². The maximum Gasteiger partial charge on any atom is 0.139 e. The highest BCUT2D eigenvalue weighted by atomic mass is 35.5. The zero-order chi connectivity index (χ0) is 11.8. The lowest BCUT2D eigenvalue weighted by molar-refractivity contribution is 0.198. The average Bonchev–Trinajstić information content (AvgIpc) is 2.74. The first kappa shape index (κ1) is 10.7. The molecule has 2 heterocycles. The molecule has 88 valence electrons. The topological polar surface area (TPSA) is 49.2 Å². The molecule has 1 aromatic heterocycles. The number of aliphatic hydroxyl groups excluding tert-OH is 1. The van der Waals surface area contributed by atoms with Crippen molar-refractivity contribution >= 4 is 28.3 Å². The summed E-state index contributed by atoms with van der Waals surface area (Å²) in [6, 6.07) is 5.59. The number of halogens is 1. The van der Waals surface area contributed by atoms with Gasteiger partial charge in [-0.1, -0.05) is 11.6 Å². The summed E-state index contributed by atoms with van der Waals surface area (Å²) in [6.07, 6.45) is 2.07. The van der Waals surface area contributed by atoms with Crippen LogP contribution >= 0.6 is 11.6 Å². The second-order valence-electron chi connectivity index (χ2n) is 4.25. The van der Waals surface area contributed by atoms with Gasteiger partial charge >= 0.3 is 0 Å². The third-order valence-electron chi connectivity index (χ3n) is 3.04. The molecule has 0 aliphatic carbocycles. The molecule has 1 aromatic carbocycles. The van der Waals surface area contributed by atoms with E-state index in [-0.39, 0.29) is 6.10 Å². The fourth-order valence-electron chi connectivity index (χ4n) is 2.20. The number of rotatable bonds is 1. The van der Waals surface area contributed by atoms with E-state index in [0.717, 1.165) is 29.7 Å². The van der Waals surface area contributed by atoms with E-state index in [4.69, 9.17) is 11.6 Å². The Kier molecular flexibility index (Phi) is 2.61. The Morgan fingerprint density at radius 2 is 2.24 bits per heavy atom. The molecule has 1 aliphatic rings. The number of aromatic nitrogens is 2. The number of hydrogen-bond donors (Lipinski definition) is 1. The highest BCUT2D eigenvalue weighted by Gasteiger charge is 2.22. The minimum Gasteiger partial charge on any atom is -0.391 e. The van der Waals surface area contributed by atoms with Crippen molar-refractivity contribution in [3.8, 4) is 0 Å². The van der Waals surface area contributed by atoms with Gasteiger partial charge in [-0.3, -0.25) is 0 Å². The van der Waals surface area contributed by atoms with Gasteiger partial charge in [0, 0.05) is 23.5 Å². The molecule has 0 bridgehead atoms. The Hall–Kier alpha value is -1.39. The molecule has 1 saturated heterocycles. The first-order chi connectivity index (χ1) is 8.24. The van der Waals surface area contributed by atoms with E-state index in [1.165, 1.54) is 0 Å². The fourth-order valence-corrected chi connectivity index (χ4v) is 2.37. The molecule has 17 heavy (non-hydrogen) atoms. The number of aliphatic hydroxyl groups is 1. The van der Waals surface area contributed by atoms with Crippen LogP contribution in [0.5, 0.6) is 0 Å². The van der Waals surface area contributed by atoms with Crippen molar-refractivity contribution in [3.05, 3.63) is 29.5 Å². The van der Waals surface area contributed by atoms with Gasteiger partial charge in [-0.05, 0) is 24.6 Å². The van der Waals surface area contributed by atoms with E-state index in [0.29, 0.717) is 11.6 Å². The van der Waals surface area contributed by atoms with Crippen molar-refractivity contribution in [3.63, 3.8) is 0 Å². The van der Waals surface area contributed by atoms with Crippen LogP contribution in [0.4, 0.5) is 5.82 Å². The first-order valence-electron chi connectivity index (χ1n) is 5.57. The van der Waals surface area contributed by atoms with Crippen molar-refractivity contribution in [2.24, 2.45) is 0 Å². The van der Waals surface area contributed by atoms with E-state index >= 15 is 0 Å². The number of anilines is 1. The zero-order valence-electron chi connectivity index (χ0n) is 9.17. The summed E-state index contributed by atoms with van der Waals surface area (Å²) in [6.45, 7) is 1.46. The van der Waals surface area contributed by atoms with Gasteiger partial charge in [0.2, 0.25) is 0 Å². The molecule has 1 fully saturated rings. The Morgan fingerprint density at radius 3 is 3.00 bits per heavy atom. The molecular weight excluding hydrogens is 238 g/mol. The molecular formula is C12H12ClN3O. The van der Waals surface area contributed by atoms with Gasteiger partial charge in [-0.25, -0.2) is 9.97 Å². The van der Waals surface area contributed by atoms with Gasteiger partial charge in [0.15, 0.2) is 0 Å². The van der Waals surface area contributed by atoms with Crippen LogP contribution in [-0.4, -0.2) is 34.3 Å². The summed E-state index contributed by atoms with van der Waals surface area (Å²) in [5.74, 6) is 0.878. The van der Waals surface area contributed by atoms with Crippen LogP contribution in [0.2, 0.25) is 5.02 Å². The minimum atomic E-state index is -0.257. The third kappa shape index (κ3) is 1.94. The SMILES string of the molecule is O[C@H]1CCN(c2ncnc3cc(Cl)ccc23)C1. The molecule has 0 radical (unpaired) electrons. The molecule has 4 nitrogen and oxygen atoms in total. The van der Waals surface area contributed by atoms with Crippen molar-refractivity contribution in [1.29, 1.82) is 0 Å². The summed E-state index contributed by atoms with van der Waals surface area (Å²) < 4.78 is 0. The molecule has 0 spiro atoms. The van der Waals surface area contributed by atoms with Crippen LogP contribution < -0.4 is 4.90 Å². The molecule has 1 N–H and O–H groups in total. The molecule has 1 atom stereocenters. The van der Waals surface area contributed by atoms with Crippen molar-refractivity contribution in [2.45, 2.75) is 12.5 Å². The lowest BCUT2D eigenvalue weighted by Crippen LogP contribution is -2.22. The monoisotopic (exact) mass is 249 g/mol. The summed E-state index contributed by atoms with van der Waals surface area (Å²) in [5, 5.41) is 11.2. The number of benzene rings is 1. The summed E-state index contributed by atoms with van der Waals surface area (Å²) in [7, 11) is 0. The molecule has 0 unspecified atom stereocenters. The summed E-state index contributed by atoms with van der Waals surface area (Å²) in [5.41, 5.74) is 0.837. The maximum absolute atomic E-state index is 9.57. The van der Waals surface area contributed by atoms with E-state index in [1.807, 2.05) is 18.2 Å². The number of hydrogen-bond acceptors (Lipinski definition) is 4. The van der Waals surface area contributed by atoms with E-state index in [9.17, 15) is 5.11 Å². The van der Waals surface area contributed by atoms with Gasteiger partial charge in [0.05, 0.1) is 11.6 Å². The van der Waals surface area contributed by atoms with Crippen LogP contribution in [0.15, 0.2) is 24.5 Å². The van der Waals surface area contributed by atoms with Crippen LogP contribution in [0, 0.1) is 0 Å². The largest absolute Gasteiger partial charge is 0.391 e. The molecule has 2 aromatic rings. The number of nitrogens with zero attached hydrogens (tertiary/aromatic N) is 3. The highest BCUT2D eigenvalue weighted by Crippen LogP contribution is 2.27. The van der Waals surface area contributed by atoms with Gasteiger partial charge in [0.25, 0.3) is 0 Å². The summed E-state index contributed by atoms with van der Waals surface area (Å²) >= 11 is 5.94. The Morgan fingerprint density at radius 1 is 1.35 bits per heavy atom. The van der Waals surface area contributed by atoms with Crippen molar-refractivity contribution in [1.82, 2.24) is 9.97 Å². The summed E-state index contributed by atoms with van der Waals surface area (Å²) in [4.78, 5) is 10.6. The normalized spacial score (nSPS) is 20.1. The highest BCUT2D eigenvalue weighted by molar-refractivity contribution is 6.31. The van der Waals surface area contributed by atoms with Gasteiger partial charge in [0.1, 0.15) is 12.1 Å². The Labute approximate surface area is 104 Å². The number of fused-ring (bicyclic) bond motifs is 1. The molecule has 1 aliphatic heterocycles. The van der Waals surface area contributed by atoms with E-state index in [2.05, 4.69) is 14.9 Å². The second kappa shape index (κ2) is 4.13. The number of β-amino-alcohol motifs (C(OH)–C–C–N with tert-alkyl or cyclic N) is 1. The average molecular weight is 250 g/mol. The van der Waals surface area contributed by atoms with Crippen LogP contribution in [0.3, 0.4) is 0 Å². The smallest absolute Gasteiger partial charge is 0.139 e. The second-order valence-corrected chi connectivity index (χ2v) is 4.68. The van der Waals surface area contributed by atoms with Crippen LogP contribution in [-0.2, 0) is 0 Å². The fraction of sp³-hybridized carbons (Fsp3) is 0.333.